The molecule has 1 atom stereocenters. The number of aromatic nitrogens is 3. The Kier molecular flexibility index (Phi) is 4.44. The molecule has 1 unspecified atom stereocenters. The lowest BCUT2D eigenvalue weighted by atomic mass is 10.4. The maximum absolute atomic E-state index is 11.8. The van der Waals surface area contributed by atoms with Crippen LogP contribution in [0.15, 0.2) is 12.1 Å². The Hall–Kier alpha value is -1.82. The van der Waals surface area contributed by atoms with Crippen LogP contribution < -0.4 is 10.1 Å². The highest BCUT2D eigenvalue weighted by molar-refractivity contribution is 6.20. The Bertz CT molecular complexity index is 624. The highest BCUT2D eigenvalue weighted by Gasteiger charge is 2.18. The van der Waals surface area contributed by atoms with Crippen LogP contribution in [0, 0.1) is 0 Å². The van der Waals surface area contributed by atoms with E-state index in [2.05, 4.69) is 15.3 Å². The molecule has 7 heteroatoms. The quantitative estimate of drug-likeness (QED) is 0.855. The van der Waals surface area contributed by atoms with Crippen LogP contribution in [0.25, 0.3) is 11.2 Å². The first-order chi connectivity index (χ1) is 9.56. The van der Waals surface area contributed by atoms with Gasteiger partial charge >= 0.3 is 0 Å². The molecule has 1 N–H and O–H groups in total. The summed E-state index contributed by atoms with van der Waals surface area (Å²) in [5.74, 6) is 0.993. The lowest BCUT2D eigenvalue weighted by Crippen LogP contribution is -2.28. The minimum absolute atomic E-state index is 0.102. The number of hydrogen-bond acceptors (Lipinski definition) is 4. The van der Waals surface area contributed by atoms with Gasteiger partial charge in [0.05, 0.1) is 12.5 Å². The van der Waals surface area contributed by atoms with E-state index in [1.165, 1.54) is 0 Å². The summed E-state index contributed by atoms with van der Waals surface area (Å²) >= 11 is 6.14. The van der Waals surface area contributed by atoms with E-state index in [1.807, 2.05) is 13.8 Å². The molecule has 0 radical (unpaired) electrons. The number of likely N-dealkylation sites (N-methyl/N-ethyl adjacent to an activating group) is 1. The van der Waals surface area contributed by atoms with Crippen molar-refractivity contribution in [1.82, 2.24) is 19.9 Å². The number of nitrogens with zero attached hydrogens (tertiary/aromatic N) is 3. The normalized spacial score (nSPS) is 12.4. The lowest BCUT2D eigenvalue weighted by Gasteiger charge is -2.09. The number of ether oxygens (including phenoxy) is 1. The number of halogens is 1. The summed E-state index contributed by atoms with van der Waals surface area (Å²) in [6, 6.07) is 3.53. The summed E-state index contributed by atoms with van der Waals surface area (Å²) in [6.07, 6.45) is 0. The first kappa shape index (κ1) is 14.6. The molecular weight excluding hydrogens is 280 g/mol. The summed E-state index contributed by atoms with van der Waals surface area (Å²) < 4.78 is 6.84. The summed E-state index contributed by atoms with van der Waals surface area (Å²) in [4.78, 5) is 20.6. The van der Waals surface area contributed by atoms with E-state index in [1.54, 1.807) is 23.8 Å². The number of methoxy groups -OCH3 is 1. The molecule has 0 saturated carbocycles. The maximum atomic E-state index is 11.8. The van der Waals surface area contributed by atoms with Crippen molar-refractivity contribution < 1.29 is 9.53 Å². The topological polar surface area (TPSA) is 69.0 Å². The third kappa shape index (κ3) is 2.85. The molecule has 20 heavy (non-hydrogen) atoms. The summed E-state index contributed by atoms with van der Waals surface area (Å²) in [5.41, 5.74) is 1.29. The average molecular weight is 297 g/mol. The highest BCUT2D eigenvalue weighted by Crippen LogP contribution is 2.24. The van der Waals surface area contributed by atoms with Gasteiger partial charge in [0, 0.05) is 12.6 Å². The molecule has 2 rings (SSSR count). The van der Waals surface area contributed by atoms with Crippen molar-refractivity contribution in [3.05, 3.63) is 18.0 Å². The number of fused-ring (bicyclic) bond motifs is 1. The SMILES string of the molecule is CCNC(=O)Cn1c(C(C)Cl)nc2ccc(OC)nc21. The van der Waals surface area contributed by atoms with Gasteiger partial charge in [0.2, 0.25) is 11.8 Å². The predicted molar refractivity (Wildman–Crippen MR) is 77.0 cm³/mol. The molecule has 0 aliphatic heterocycles. The van der Waals surface area contributed by atoms with E-state index in [0.717, 1.165) is 0 Å². The van der Waals surface area contributed by atoms with Crippen LogP contribution in [0.4, 0.5) is 0 Å². The summed E-state index contributed by atoms with van der Waals surface area (Å²) in [7, 11) is 1.55. The van der Waals surface area contributed by atoms with Gasteiger partial charge in [0.15, 0.2) is 5.65 Å². The van der Waals surface area contributed by atoms with Gasteiger partial charge in [-0.15, -0.1) is 11.6 Å². The number of pyridine rings is 1. The highest BCUT2D eigenvalue weighted by atomic mass is 35.5. The molecule has 0 spiro atoms. The van der Waals surface area contributed by atoms with Crippen LogP contribution in [0.5, 0.6) is 5.88 Å². The van der Waals surface area contributed by atoms with Crippen LogP contribution in [0.1, 0.15) is 25.0 Å². The molecule has 108 valence electrons. The Morgan fingerprint density at radius 3 is 2.85 bits per heavy atom. The zero-order valence-electron chi connectivity index (χ0n) is 11.7. The summed E-state index contributed by atoms with van der Waals surface area (Å²) in [6.45, 7) is 4.40. The average Bonchev–Trinajstić information content (AvgIpc) is 2.77. The molecule has 0 aromatic carbocycles. The third-order valence-corrected chi connectivity index (χ3v) is 3.03. The first-order valence-electron chi connectivity index (χ1n) is 6.38. The Morgan fingerprint density at radius 1 is 1.50 bits per heavy atom. The second-order valence-electron chi connectivity index (χ2n) is 4.32. The fourth-order valence-electron chi connectivity index (χ4n) is 1.97. The monoisotopic (exact) mass is 296 g/mol. The molecule has 0 aliphatic carbocycles. The molecule has 2 aromatic rings. The molecular formula is C13H17ClN4O2. The number of carbonyl (C=O) groups excluding carboxylic acids is 1. The van der Waals surface area contributed by atoms with Crippen LogP contribution in [-0.4, -0.2) is 34.1 Å². The van der Waals surface area contributed by atoms with Crippen LogP contribution >= 0.6 is 11.6 Å². The van der Waals surface area contributed by atoms with Crippen molar-refractivity contribution in [2.45, 2.75) is 25.8 Å². The molecule has 0 aliphatic rings. The smallest absolute Gasteiger partial charge is 0.240 e. The van der Waals surface area contributed by atoms with Crippen molar-refractivity contribution in [2.24, 2.45) is 0 Å². The fraction of sp³-hybridized carbons (Fsp3) is 0.462. The van der Waals surface area contributed by atoms with E-state index >= 15 is 0 Å². The molecule has 0 saturated heterocycles. The van der Waals surface area contributed by atoms with Gasteiger partial charge in [-0.05, 0) is 19.9 Å². The first-order valence-corrected chi connectivity index (χ1v) is 6.82. The molecule has 0 fully saturated rings. The number of alkyl halides is 1. The van der Waals surface area contributed by atoms with E-state index < -0.39 is 0 Å². The number of hydrogen-bond donors (Lipinski definition) is 1. The Morgan fingerprint density at radius 2 is 2.25 bits per heavy atom. The number of amides is 1. The Labute approximate surface area is 122 Å². The zero-order chi connectivity index (χ0) is 14.7. The fourth-order valence-corrected chi connectivity index (χ4v) is 2.14. The van der Waals surface area contributed by atoms with Gasteiger partial charge in [-0.1, -0.05) is 0 Å². The van der Waals surface area contributed by atoms with Gasteiger partial charge in [0.25, 0.3) is 0 Å². The van der Waals surface area contributed by atoms with E-state index in [0.29, 0.717) is 29.4 Å². The van der Waals surface area contributed by atoms with Crippen molar-refractivity contribution in [1.29, 1.82) is 0 Å². The standard InChI is InChI=1S/C13H17ClN4O2/c1-4-15-10(19)7-18-12(8(2)14)16-9-5-6-11(20-3)17-13(9)18/h5-6,8H,4,7H2,1-3H3,(H,15,19). The van der Waals surface area contributed by atoms with Gasteiger partial charge in [-0.25, -0.2) is 4.98 Å². The van der Waals surface area contributed by atoms with Gasteiger partial charge < -0.3 is 14.6 Å². The van der Waals surface area contributed by atoms with Crippen LogP contribution in [0.3, 0.4) is 0 Å². The molecule has 2 heterocycles. The molecule has 2 aromatic heterocycles. The van der Waals surface area contributed by atoms with Crippen LogP contribution in [0.2, 0.25) is 0 Å². The second-order valence-corrected chi connectivity index (χ2v) is 4.98. The predicted octanol–water partition coefficient (Wildman–Crippen LogP) is 1.88. The number of nitrogens with one attached hydrogen (secondary N) is 1. The number of carbonyl (C=O) groups is 1. The van der Waals surface area contributed by atoms with Gasteiger partial charge in [-0.3, -0.25) is 4.79 Å². The molecule has 0 bridgehead atoms. The lowest BCUT2D eigenvalue weighted by molar-refractivity contribution is -0.121. The van der Waals surface area contributed by atoms with Crippen molar-refractivity contribution >= 4 is 28.7 Å². The number of imidazole rings is 1. The number of rotatable bonds is 5. The van der Waals surface area contributed by atoms with Crippen molar-refractivity contribution in [2.75, 3.05) is 13.7 Å². The van der Waals surface area contributed by atoms with Gasteiger partial charge in [0.1, 0.15) is 17.9 Å². The van der Waals surface area contributed by atoms with E-state index in [4.69, 9.17) is 16.3 Å². The maximum Gasteiger partial charge on any atom is 0.240 e. The van der Waals surface area contributed by atoms with Crippen molar-refractivity contribution in [3.63, 3.8) is 0 Å². The molecule has 6 nitrogen and oxygen atoms in total. The van der Waals surface area contributed by atoms with Crippen LogP contribution in [-0.2, 0) is 11.3 Å². The van der Waals surface area contributed by atoms with Gasteiger partial charge in [-0.2, -0.15) is 4.98 Å². The minimum Gasteiger partial charge on any atom is -0.481 e. The van der Waals surface area contributed by atoms with Crippen molar-refractivity contribution in [3.8, 4) is 5.88 Å². The van der Waals surface area contributed by atoms with E-state index in [-0.39, 0.29) is 17.8 Å². The molecule has 1 amide bonds. The zero-order valence-corrected chi connectivity index (χ0v) is 12.4. The minimum atomic E-state index is -0.315. The third-order valence-electron chi connectivity index (χ3n) is 2.84. The summed E-state index contributed by atoms with van der Waals surface area (Å²) in [5, 5.41) is 2.44. The second kappa shape index (κ2) is 6.09. The van der Waals surface area contributed by atoms with E-state index in [9.17, 15) is 4.79 Å². The largest absolute Gasteiger partial charge is 0.481 e. The Balaban J connectivity index is 2.51.